The normalized spacial score (nSPS) is 20.8. The first kappa shape index (κ1) is 26.4. The molecular formula is C26H31NO7S. The summed E-state index contributed by atoms with van der Waals surface area (Å²) in [6.45, 7) is 9.37. The van der Waals surface area contributed by atoms with Gasteiger partial charge in [0.15, 0.2) is 0 Å². The van der Waals surface area contributed by atoms with E-state index in [4.69, 9.17) is 19.4 Å². The predicted molar refractivity (Wildman–Crippen MR) is 134 cm³/mol. The van der Waals surface area contributed by atoms with E-state index in [1.54, 1.807) is 0 Å². The number of phenols is 1. The van der Waals surface area contributed by atoms with Gasteiger partial charge in [0.25, 0.3) is 11.2 Å². The summed E-state index contributed by atoms with van der Waals surface area (Å²) in [5.41, 5.74) is 4.31. The van der Waals surface area contributed by atoms with E-state index in [-0.39, 0.29) is 16.4 Å². The lowest BCUT2D eigenvalue weighted by atomic mass is 9.87. The van der Waals surface area contributed by atoms with Gasteiger partial charge in [0.2, 0.25) is 5.91 Å². The van der Waals surface area contributed by atoms with Crippen LogP contribution in [0, 0.1) is 20.8 Å². The van der Waals surface area contributed by atoms with Crippen molar-refractivity contribution in [2.24, 2.45) is 0 Å². The molecule has 0 spiro atoms. The predicted octanol–water partition coefficient (Wildman–Crippen LogP) is 4.47. The molecule has 9 heteroatoms. The molecule has 2 aromatic carbocycles. The van der Waals surface area contributed by atoms with E-state index in [1.165, 1.54) is 0 Å². The Labute approximate surface area is 209 Å². The standard InChI is InChI=1S/C24H27NO5S.C2H4O2/c1-13-14(2)21-18(15(3)20(13)26)9-10-24(4,30-21)12-29-17-7-5-16(6-8-17)11-19-22(27)25-23(28)31-19;1-2(3)4/h5-8,19,26H,9-12H2,1-4H3,(H,25,27,28);1H3,(H,3,4). The first-order valence-electron chi connectivity index (χ1n) is 11.3. The van der Waals surface area contributed by atoms with E-state index in [1.807, 2.05) is 52.0 Å². The number of aromatic hydroxyl groups is 1. The Morgan fingerprint density at radius 1 is 1.17 bits per heavy atom. The fourth-order valence-corrected chi connectivity index (χ4v) is 4.96. The van der Waals surface area contributed by atoms with Crippen LogP contribution in [0.3, 0.4) is 0 Å². The molecular weight excluding hydrogens is 470 g/mol. The monoisotopic (exact) mass is 501 g/mol. The molecule has 3 N–H and O–H groups in total. The molecule has 2 aromatic rings. The molecule has 2 aliphatic heterocycles. The number of carboxylic acid groups (broad SMARTS) is 1. The SMILES string of the molecule is CC(=O)O.Cc1c(C)c2c(c(C)c1O)CCC(C)(COc1ccc(CC3SC(=O)NC3=O)cc1)O2. The number of imide groups is 1. The minimum absolute atomic E-state index is 0.230. The highest BCUT2D eigenvalue weighted by Gasteiger charge is 2.35. The summed E-state index contributed by atoms with van der Waals surface area (Å²) in [5.74, 6) is 0.890. The number of rotatable bonds is 5. The highest BCUT2D eigenvalue weighted by Crippen LogP contribution is 2.43. The van der Waals surface area contributed by atoms with Crippen molar-refractivity contribution in [1.82, 2.24) is 5.32 Å². The van der Waals surface area contributed by atoms with E-state index in [0.717, 1.165) is 70.8 Å². The summed E-state index contributed by atoms with van der Waals surface area (Å²) >= 11 is 1.04. The van der Waals surface area contributed by atoms with Gasteiger partial charge >= 0.3 is 0 Å². The molecule has 2 aliphatic rings. The average Bonchev–Trinajstić information content (AvgIpc) is 3.11. The number of hydrogen-bond donors (Lipinski definition) is 3. The zero-order chi connectivity index (χ0) is 25.9. The van der Waals surface area contributed by atoms with Gasteiger partial charge in [-0.1, -0.05) is 23.9 Å². The number of ether oxygens (including phenoxy) is 2. The van der Waals surface area contributed by atoms with E-state index in [2.05, 4.69) is 5.32 Å². The third kappa shape index (κ3) is 6.28. The summed E-state index contributed by atoms with van der Waals surface area (Å²) < 4.78 is 12.4. The number of hydrogen-bond acceptors (Lipinski definition) is 7. The number of fused-ring (bicyclic) bond motifs is 1. The molecule has 2 atom stereocenters. The molecule has 4 rings (SSSR count). The molecule has 2 amide bonds. The average molecular weight is 502 g/mol. The van der Waals surface area contributed by atoms with Crippen molar-refractivity contribution in [3.63, 3.8) is 0 Å². The van der Waals surface area contributed by atoms with Gasteiger partial charge in [0.05, 0.1) is 5.25 Å². The minimum Gasteiger partial charge on any atom is -0.507 e. The van der Waals surface area contributed by atoms with Crippen molar-refractivity contribution in [1.29, 1.82) is 0 Å². The van der Waals surface area contributed by atoms with Gasteiger partial charge in [-0.3, -0.25) is 19.7 Å². The van der Waals surface area contributed by atoms with Crippen LogP contribution < -0.4 is 14.8 Å². The van der Waals surface area contributed by atoms with Crippen LogP contribution in [0.4, 0.5) is 4.79 Å². The Morgan fingerprint density at radius 2 is 1.80 bits per heavy atom. The maximum atomic E-state index is 11.7. The van der Waals surface area contributed by atoms with E-state index in [0.29, 0.717) is 18.8 Å². The number of carboxylic acids is 1. The van der Waals surface area contributed by atoms with Gasteiger partial charge in [0.1, 0.15) is 29.5 Å². The molecule has 0 bridgehead atoms. The van der Waals surface area contributed by atoms with Crippen molar-refractivity contribution >= 4 is 28.9 Å². The van der Waals surface area contributed by atoms with E-state index in [9.17, 15) is 14.7 Å². The van der Waals surface area contributed by atoms with Gasteiger partial charge in [-0.05, 0) is 81.3 Å². The molecule has 0 radical (unpaired) electrons. The molecule has 1 fully saturated rings. The number of benzene rings is 2. The molecule has 35 heavy (non-hydrogen) atoms. The van der Waals surface area contributed by atoms with Gasteiger partial charge in [0, 0.05) is 12.5 Å². The quantitative estimate of drug-likeness (QED) is 0.549. The van der Waals surface area contributed by atoms with Crippen molar-refractivity contribution in [3.05, 3.63) is 52.1 Å². The summed E-state index contributed by atoms with van der Waals surface area (Å²) in [7, 11) is 0. The number of carbonyl (C=O) groups excluding carboxylic acids is 2. The Hall–Kier alpha value is -3.20. The molecule has 8 nitrogen and oxygen atoms in total. The fraction of sp³-hybridized carbons (Fsp3) is 0.423. The number of aliphatic carboxylic acids is 1. The molecule has 2 unspecified atom stereocenters. The molecule has 0 saturated carbocycles. The molecule has 2 heterocycles. The lowest BCUT2D eigenvalue weighted by Gasteiger charge is -2.37. The Kier molecular flexibility index (Phi) is 8.00. The van der Waals surface area contributed by atoms with Crippen LogP contribution in [0.5, 0.6) is 17.2 Å². The van der Waals surface area contributed by atoms with Gasteiger partial charge in [-0.2, -0.15) is 0 Å². The van der Waals surface area contributed by atoms with E-state index >= 15 is 0 Å². The number of nitrogens with one attached hydrogen (secondary N) is 1. The number of carbonyl (C=O) groups is 3. The second-order valence-corrected chi connectivity index (χ2v) is 10.3. The third-order valence-electron chi connectivity index (χ3n) is 6.25. The topological polar surface area (TPSA) is 122 Å². The van der Waals surface area contributed by atoms with Crippen LogP contribution in [-0.4, -0.2) is 44.8 Å². The highest BCUT2D eigenvalue weighted by molar-refractivity contribution is 8.15. The zero-order valence-corrected chi connectivity index (χ0v) is 21.4. The van der Waals surface area contributed by atoms with Crippen LogP contribution >= 0.6 is 11.8 Å². The first-order chi connectivity index (χ1) is 16.4. The second-order valence-electron chi connectivity index (χ2n) is 9.12. The number of thioether (sulfide) groups is 1. The second kappa shape index (κ2) is 10.6. The van der Waals surface area contributed by atoms with Crippen molar-refractivity contribution in [2.45, 2.75) is 64.7 Å². The molecule has 188 valence electrons. The molecule has 0 aromatic heterocycles. The third-order valence-corrected chi connectivity index (χ3v) is 7.23. The van der Waals surface area contributed by atoms with Crippen molar-refractivity contribution in [2.75, 3.05) is 6.61 Å². The lowest BCUT2D eigenvalue weighted by Crippen LogP contribution is -2.42. The largest absolute Gasteiger partial charge is 0.507 e. The summed E-state index contributed by atoms with van der Waals surface area (Å²) in [4.78, 5) is 32.0. The van der Waals surface area contributed by atoms with Crippen LogP contribution in [0.25, 0.3) is 0 Å². The number of amides is 2. The molecule has 1 saturated heterocycles. The van der Waals surface area contributed by atoms with Crippen LogP contribution in [-0.2, 0) is 22.4 Å². The smallest absolute Gasteiger partial charge is 0.300 e. The van der Waals surface area contributed by atoms with E-state index < -0.39 is 11.6 Å². The van der Waals surface area contributed by atoms with Crippen LogP contribution in [0.15, 0.2) is 24.3 Å². The van der Waals surface area contributed by atoms with Crippen LogP contribution in [0.1, 0.15) is 48.1 Å². The van der Waals surface area contributed by atoms with Gasteiger partial charge in [-0.15, -0.1) is 0 Å². The Balaban J connectivity index is 0.000000795. The van der Waals surface area contributed by atoms with Crippen molar-refractivity contribution < 1.29 is 34.1 Å². The van der Waals surface area contributed by atoms with Crippen molar-refractivity contribution in [3.8, 4) is 17.2 Å². The maximum absolute atomic E-state index is 11.7. The van der Waals surface area contributed by atoms with Gasteiger partial charge in [-0.25, -0.2) is 0 Å². The number of phenolic OH excluding ortho intramolecular Hbond substituents is 1. The highest BCUT2D eigenvalue weighted by atomic mass is 32.2. The zero-order valence-electron chi connectivity index (χ0n) is 20.6. The van der Waals surface area contributed by atoms with Crippen LogP contribution in [0.2, 0.25) is 0 Å². The lowest BCUT2D eigenvalue weighted by molar-refractivity contribution is -0.134. The molecule has 0 aliphatic carbocycles. The summed E-state index contributed by atoms with van der Waals surface area (Å²) in [5, 5.41) is 19.4. The van der Waals surface area contributed by atoms with Gasteiger partial charge < -0.3 is 19.7 Å². The summed E-state index contributed by atoms with van der Waals surface area (Å²) in [6.07, 6.45) is 2.13. The Morgan fingerprint density at radius 3 is 2.37 bits per heavy atom. The Bertz CT molecular complexity index is 1140. The minimum atomic E-state index is -0.833. The summed E-state index contributed by atoms with van der Waals surface area (Å²) in [6, 6.07) is 7.61. The maximum Gasteiger partial charge on any atom is 0.300 e. The first-order valence-corrected chi connectivity index (χ1v) is 12.2. The fourth-order valence-electron chi connectivity index (χ4n) is 4.10.